The van der Waals surface area contributed by atoms with Crippen molar-refractivity contribution in [2.45, 2.75) is 45.6 Å². The number of fused-ring (bicyclic) bond motifs is 8. The number of aliphatic imine (C=N–C) groups is 1. The summed E-state index contributed by atoms with van der Waals surface area (Å²) in [5, 5.41) is 3.43. The Hall–Kier alpha value is -7.50. The maximum absolute atomic E-state index is 6.84. The molecular weight excluding hydrogens is 767 g/mol. The van der Waals surface area contributed by atoms with Gasteiger partial charge in [-0.2, -0.15) is 0 Å². The van der Waals surface area contributed by atoms with Crippen molar-refractivity contribution in [3.05, 3.63) is 215 Å². The van der Waals surface area contributed by atoms with E-state index in [2.05, 4.69) is 182 Å². The molecule has 3 atom stereocenters. The van der Waals surface area contributed by atoms with E-state index in [0.717, 1.165) is 79.5 Å². The van der Waals surface area contributed by atoms with E-state index in [9.17, 15) is 0 Å². The minimum Gasteiger partial charge on any atom is -0.398 e. The van der Waals surface area contributed by atoms with Gasteiger partial charge in [0, 0.05) is 50.2 Å². The molecule has 0 saturated carbocycles. The van der Waals surface area contributed by atoms with Gasteiger partial charge in [-0.05, 0) is 114 Å². The number of hydrogen-bond donors (Lipinski definition) is 1. The van der Waals surface area contributed by atoms with Crippen LogP contribution in [0.1, 0.15) is 78.4 Å². The first kappa shape index (κ1) is 38.4. The number of hydrogen-bond acceptors (Lipinski definition) is 3. The number of benzene rings is 6. The van der Waals surface area contributed by atoms with Gasteiger partial charge in [-0.1, -0.05) is 147 Å². The number of nitrogens with two attached hydrogens (primary N) is 1. The number of nitrogens with zero attached hydrogens (tertiary/aromatic N) is 4. The van der Waals surface area contributed by atoms with Crippen LogP contribution < -0.4 is 5.73 Å². The highest BCUT2D eigenvalue weighted by Crippen LogP contribution is 2.43. The Kier molecular flexibility index (Phi) is 9.61. The van der Waals surface area contributed by atoms with Crippen molar-refractivity contribution in [2.24, 2.45) is 16.6 Å². The highest BCUT2D eigenvalue weighted by Gasteiger charge is 2.29. The van der Waals surface area contributed by atoms with E-state index in [-0.39, 0.29) is 6.04 Å². The largest absolute Gasteiger partial charge is 0.398 e. The van der Waals surface area contributed by atoms with E-state index in [4.69, 9.17) is 15.7 Å². The lowest BCUT2D eigenvalue weighted by molar-refractivity contribution is 0.691. The first-order chi connectivity index (χ1) is 30.9. The van der Waals surface area contributed by atoms with Gasteiger partial charge in [0.1, 0.15) is 0 Å². The van der Waals surface area contributed by atoms with Crippen LogP contribution >= 0.6 is 0 Å². The summed E-state index contributed by atoms with van der Waals surface area (Å²) in [7, 11) is 0. The number of para-hydroxylation sites is 3. The van der Waals surface area contributed by atoms with Crippen LogP contribution in [0.4, 0.5) is 0 Å². The molecule has 306 valence electrons. The summed E-state index contributed by atoms with van der Waals surface area (Å²) in [5.41, 5.74) is 24.6. The van der Waals surface area contributed by atoms with E-state index < -0.39 is 0 Å². The zero-order valence-electron chi connectivity index (χ0n) is 35.9. The van der Waals surface area contributed by atoms with Crippen molar-refractivity contribution in [1.82, 2.24) is 14.1 Å². The molecule has 0 radical (unpaired) electrons. The quantitative estimate of drug-likeness (QED) is 0.155. The SMILES string of the molecule is CC1C=Cc2c(c3c(n2-c2ccc(C(C)/N=C(\C=C(/N)c4ccccc4)c4ccc(-c5nc6ccccc6c6c5c5ccccc5n6-c5ccccc5)cc4)cc2)C=CCC3C)C1. The Morgan fingerprint density at radius 2 is 1.38 bits per heavy atom. The summed E-state index contributed by atoms with van der Waals surface area (Å²) in [4.78, 5) is 10.8. The van der Waals surface area contributed by atoms with Gasteiger partial charge in [0.2, 0.25) is 0 Å². The zero-order valence-corrected chi connectivity index (χ0v) is 35.9. The van der Waals surface area contributed by atoms with Crippen molar-refractivity contribution in [3.63, 3.8) is 0 Å². The van der Waals surface area contributed by atoms with Crippen molar-refractivity contribution in [3.8, 4) is 22.6 Å². The van der Waals surface area contributed by atoms with Gasteiger partial charge in [0.25, 0.3) is 0 Å². The topological polar surface area (TPSA) is 61.1 Å². The lowest BCUT2D eigenvalue weighted by atomic mass is 9.84. The number of rotatable bonds is 8. The molecule has 5 nitrogen and oxygen atoms in total. The Labute approximate surface area is 368 Å². The fraction of sp³-hybridized carbons (Fsp3) is 0.138. The molecule has 0 aliphatic heterocycles. The van der Waals surface area contributed by atoms with Crippen LogP contribution in [0.25, 0.3) is 73.2 Å². The van der Waals surface area contributed by atoms with Gasteiger partial charge in [0.15, 0.2) is 0 Å². The van der Waals surface area contributed by atoms with Gasteiger partial charge >= 0.3 is 0 Å². The smallest absolute Gasteiger partial charge is 0.0809 e. The Bertz CT molecular complexity index is 3310. The van der Waals surface area contributed by atoms with Crippen molar-refractivity contribution in [1.29, 1.82) is 0 Å². The van der Waals surface area contributed by atoms with Gasteiger partial charge in [-0.25, -0.2) is 4.98 Å². The van der Waals surface area contributed by atoms with Crippen LogP contribution in [0.15, 0.2) is 181 Å². The Morgan fingerprint density at radius 1 is 0.698 bits per heavy atom. The van der Waals surface area contributed by atoms with E-state index in [1.807, 2.05) is 36.4 Å². The predicted molar refractivity (Wildman–Crippen MR) is 265 cm³/mol. The molecule has 3 unspecified atom stereocenters. The predicted octanol–water partition coefficient (Wildman–Crippen LogP) is 14.1. The van der Waals surface area contributed by atoms with Crippen LogP contribution in [0, 0.1) is 5.92 Å². The average molecular weight is 816 g/mol. The third-order valence-electron chi connectivity index (χ3n) is 13.1. The molecule has 0 bridgehead atoms. The molecule has 6 aromatic carbocycles. The lowest BCUT2D eigenvalue weighted by Gasteiger charge is -2.19. The summed E-state index contributed by atoms with van der Waals surface area (Å²) in [6, 6.07) is 55.5. The first-order valence-corrected chi connectivity index (χ1v) is 22.2. The fourth-order valence-electron chi connectivity index (χ4n) is 9.98. The molecule has 2 N–H and O–H groups in total. The zero-order chi connectivity index (χ0) is 42.6. The monoisotopic (exact) mass is 815 g/mol. The molecule has 0 saturated heterocycles. The summed E-state index contributed by atoms with van der Waals surface area (Å²) < 4.78 is 4.85. The maximum atomic E-state index is 6.84. The molecule has 0 amide bonds. The van der Waals surface area contributed by atoms with Crippen LogP contribution in [0.5, 0.6) is 0 Å². The Morgan fingerprint density at radius 3 is 2.16 bits per heavy atom. The van der Waals surface area contributed by atoms with E-state index >= 15 is 0 Å². The molecule has 11 rings (SSSR count). The minimum absolute atomic E-state index is 0.132. The van der Waals surface area contributed by atoms with Crippen LogP contribution in [0.2, 0.25) is 0 Å². The van der Waals surface area contributed by atoms with Crippen molar-refractivity contribution < 1.29 is 0 Å². The highest BCUT2D eigenvalue weighted by molar-refractivity contribution is 6.22. The lowest BCUT2D eigenvalue weighted by Crippen LogP contribution is -2.07. The average Bonchev–Trinajstić information content (AvgIpc) is 3.85. The van der Waals surface area contributed by atoms with Crippen LogP contribution in [-0.2, 0) is 6.42 Å². The molecule has 2 aliphatic rings. The van der Waals surface area contributed by atoms with Gasteiger partial charge in [0.05, 0.1) is 34.0 Å². The molecule has 63 heavy (non-hydrogen) atoms. The fourth-order valence-corrected chi connectivity index (χ4v) is 9.98. The van der Waals surface area contributed by atoms with Gasteiger partial charge in [-0.15, -0.1) is 0 Å². The minimum atomic E-state index is -0.132. The number of pyridine rings is 1. The van der Waals surface area contributed by atoms with Crippen LogP contribution in [0.3, 0.4) is 0 Å². The standard InChI is InChI=1S/C58H49N5/c1-37-25-34-53-48(35-37)55-38(2)15-14-24-54(55)62(53)45-32-30-40(31-33-45)39(3)60-51(36-49(59)41-16-6-4-7-17-41)42-26-28-43(29-27-42)57-56-47-21-11-13-23-52(47)63(44-18-8-5-9-19-44)58(56)46-20-10-12-22-50(46)61-57/h4-14,16-34,36-39H,15,35,59H2,1-3H3/b49-36-,60-51+. The van der Waals surface area contributed by atoms with Crippen molar-refractivity contribution >= 4 is 56.3 Å². The molecule has 2 aliphatic carbocycles. The molecule has 3 heterocycles. The summed E-state index contributed by atoms with van der Waals surface area (Å²) in [6.07, 6.45) is 13.6. The molecule has 9 aromatic rings. The first-order valence-electron chi connectivity index (χ1n) is 22.2. The number of allylic oxidation sites excluding steroid dienone is 3. The molecule has 0 fully saturated rings. The maximum Gasteiger partial charge on any atom is 0.0809 e. The molecule has 3 aromatic heterocycles. The van der Waals surface area contributed by atoms with Gasteiger partial charge < -0.3 is 14.9 Å². The summed E-state index contributed by atoms with van der Waals surface area (Å²) in [6.45, 7) is 6.86. The molecule has 0 spiro atoms. The Balaban J connectivity index is 1.00. The summed E-state index contributed by atoms with van der Waals surface area (Å²) in [5.74, 6) is 1.06. The normalized spacial score (nSPS) is 16.7. The van der Waals surface area contributed by atoms with Crippen LogP contribution in [-0.4, -0.2) is 19.8 Å². The van der Waals surface area contributed by atoms with E-state index in [1.165, 1.54) is 33.6 Å². The van der Waals surface area contributed by atoms with Gasteiger partial charge in [-0.3, -0.25) is 4.99 Å². The second-order valence-electron chi connectivity index (χ2n) is 17.3. The van der Waals surface area contributed by atoms with E-state index in [0.29, 0.717) is 17.5 Å². The second kappa shape index (κ2) is 15.8. The third kappa shape index (κ3) is 6.72. The highest BCUT2D eigenvalue weighted by atomic mass is 15.0. The van der Waals surface area contributed by atoms with Crippen molar-refractivity contribution in [2.75, 3.05) is 0 Å². The molecule has 5 heteroatoms. The summed E-state index contributed by atoms with van der Waals surface area (Å²) >= 11 is 0. The third-order valence-corrected chi connectivity index (χ3v) is 13.1. The molecular formula is C58H49N5. The number of aromatic nitrogens is 3. The van der Waals surface area contributed by atoms with E-state index in [1.54, 1.807) is 0 Å². The second-order valence-corrected chi connectivity index (χ2v) is 17.3.